The van der Waals surface area contributed by atoms with Gasteiger partial charge in [-0.2, -0.15) is 0 Å². The number of ether oxygens (including phenoxy) is 2. The molecule has 0 aliphatic carbocycles. The number of rotatable bonds is 11. The fraction of sp³-hybridized carbons (Fsp3) is 0.500. The van der Waals surface area contributed by atoms with E-state index in [2.05, 4.69) is 15.6 Å². The van der Waals surface area contributed by atoms with Crippen molar-refractivity contribution < 1.29 is 28.6 Å². The van der Waals surface area contributed by atoms with Gasteiger partial charge in [-0.1, -0.05) is 27.2 Å². The summed E-state index contributed by atoms with van der Waals surface area (Å²) in [4.78, 5) is 28.9. The van der Waals surface area contributed by atoms with Crippen molar-refractivity contribution in [2.75, 3.05) is 19.0 Å². The number of aliphatic hydroxyl groups excluding tert-OH is 1. The topological polar surface area (TPSA) is 123 Å². The Balaban J connectivity index is 2.22. The van der Waals surface area contributed by atoms with Gasteiger partial charge in [0, 0.05) is 5.56 Å². The molecule has 1 aromatic heterocycles. The van der Waals surface area contributed by atoms with Gasteiger partial charge in [0.05, 0.1) is 37.8 Å². The van der Waals surface area contributed by atoms with Crippen molar-refractivity contribution in [2.24, 2.45) is 5.92 Å². The molecule has 1 heterocycles. The Morgan fingerprint density at radius 1 is 1.29 bits per heavy atom. The lowest BCUT2D eigenvalue weighted by Crippen LogP contribution is -2.45. The fourth-order valence-electron chi connectivity index (χ4n) is 3.09. The molecule has 0 aliphatic heterocycles. The summed E-state index contributed by atoms with van der Waals surface area (Å²) in [6.45, 7) is 5.84. The zero-order valence-corrected chi connectivity index (χ0v) is 18.4. The molecule has 9 nitrogen and oxygen atoms in total. The molecule has 1 atom stereocenters. The molecule has 31 heavy (non-hydrogen) atoms. The highest BCUT2D eigenvalue weighted by atomic mass is 16.5. The van der Waals surface area contributed by atoms with Gasteiger partial charge in [0.1, 0.15) is 11.8 Å². The Labute approximate surface area is 182 Å². The number of unbranched alkanes of at least 4 members (excludes halogenated alkanes) is 1. The Kier molecular flexibility index (Phi) is 9.33. The number of alkyl carbamates (subject to hydrolysis) is 1. The maximum absolute atomic E-state index is 13.0. The zero-order valence-electron chi connectivity index (χ0n) is 18.4. The molecule has 2 amide bonds. The summed E-state index contributed by atoms with van der Waals surface area (Å²) in [6.07, 6.45) is 4.28. The number of aromatic nitrogens is 1. The third kappa shape index (κ3) is 6.71. The second-order valence-electron chi connectivity index (χ2n) is 7.50. The van der Waals surface area contributed by atoms with Gasteiger partial charge in [-0.3, -0.25) is 4.79 Å². The minimum atomic E-state index is -0.791. The molecule has 2 aromatic rings. The SMILES string of the molecule is CCCCOC(=O)NC(CC(C)C)C(=O)Nc1ccc(-c2cnco2)c(OC)c1CO. The lowest BCUT2D eigenvalue weighted by atomic mass is 10.0. The van der Waals surface area contributed by atoms with Crippen LogP contribution in [0.3, 0.4) is 0 Å². The van der Waals surface area contributed by atoms with Gasteiger partial charge in [0.25, 0.3) is 0 Å². The highest BCUT2D eigenvalue weighted by Gasteiger charge is 2.25. The number of nitrogens with one attached hydrogen (secondary N) is 2. The molecule has 2 rings (SSSR count). The molecule has 0 aliphatic rings. The van der Waals surface area contributed by atoms with E-state index in [1.165, 1.54) is 19.7 Å². The van der Waals surface area contributed by atoms with Gasteiger partial charge < -0.3 is 29.6 Å². The minimum absolute atomic E-state index is 0.160. The van der Waals surface area contributed by atoms with E-state index in [1.54, 1.807) is 12.1 Å². The lowest BCUT2D eigenvalue weighted by Gasteiger charge is -2.22. The van der Waals surface area contributed by atoms with Gasteiger partial charge in [-0.05, 0) is 30.9 Å². The second kappa shape index (κ2) is 11.9. The molecule has 1 aromatic carbocycles. The Bertz CT molecular complexity index is 851. The predicted octanol–water partition coefficient (Wildman–Crippen LogP) is 3.72. The summed E-state index contributed by atoms with van der Waals surface area (Å²) >= 11 is 0. The monoisotopic (exact) mass is 433 g/mol. The summed E-state index contributed by atoms with van der Waals surface area (Å²) in [5, 5.41) is 15.4. The van der Waals surface area contributed by atoms with E-state index in [4.69, 9.17) is 13.9 Å². The quantitative estimate of drug-likeness (QED) is 0.462. The second-order valence-corrected chi connectivity index (χ2v) is 7.50. The molecule has 0 bridgehead atoms. The molecule has 9 heteroatoms. The molecule has 3 N–H and O–H groups in total. The average molecular weight is 434 g/mol. The van der Waals surface area contributed by atoms with E-state index in [1.807, 2.05) is 20.8 Å². The average Bonchev–Trinajstić information content (AvgIpc) is 3.27. The summed E-state index contributed by atoms with van der Waals surface area (Å²) in [5.41, 5.74) is 1.36. The van der Waals surface area contributed by atoms with Crippen LogP contribution in [0.25, 0.3) is 11.3 Å². The largest absolute Gasteiger partial charge is 0.496 e. The Morgan fingerprint density at radius 3 is 2.65 bits per heavy atom. The van der Waals surface area contributed by atoms with E-state index in [0.717, 1.165) is 12.8 Å². The molecular weight excluding hydrogens is 402 g/mol. The smallest absolute Gasteiger partial charge is 0.407 e. The number of hydrogen-bond acceptors (Lipinski definition) is 7. The van der Waals surface area contributed by atoms with Crippen LogP contribution in [-0.2, 0) is 16.1 Å². The number of nitrogens with zero attached hydrogens (tertiary/aromatic N) is 1. The zero-order chi connectivity index (χ0) is 22.8. The number of amides is 2. The van der Waals surface area contributed by atoms with Crippen molar-refractivity contribution in [3.8, 4) is 17.1 Å². The third-order valence-electron chi connectivity index (χ3n) is 4.63. The van der Waals surface area contributed by atoms with Crippen molar-refractivity contribution in [3.63, 3.8) is 0 Å². The number of methoxy groups -OCH3 is 1. The van der Waals surface area contributed by atoms with Crippen LogP contribution in [0.4, 0.5) is 10.5 Å². The molecule has 0 fully saturated rings. The summed E-state index contributed by atoms with van der Waals surface area (Å²) in [5.74, 6) is 0.584. The van der Waals surface area contributed by atoms with Crippen molar-refractivity contribution >= 4 is 17.7 Å². The van der Waals surface area contributed by atoms with Crippen molar-refractivity contribution in [2.45, 2.75) is 52.7 Å². The molecular formula is C22H31N3O6. The van der Waals surface area contributed by atoms with Gasteiger partial charge in [0.2, 0.25) is 5.91 Å². The van der Waals surface area contributed by atoms with Gasteiger partial charge in [0.15, 0.2) is 12.2 Å². The maximum atomic E-state index is 13.0. The van der Waals surface area contributed by atoms with Crippen molar-refractivity contribution in [3.05, 3.63) is 30.3 Å². The molecule has 0 spiro atoms. The van der Waals surface area contributed by atoms with Crippen LogP contribution in [-0.4, -0.2) is 41.8 Å². The van der Waals surface area contributed by atoms with Crippen LogP contribution in [0, 0.1) is 5.92 Å². The highest BCUT2D eigenvalue weighted by molar-refractivity contribution is 5.98. The normalized spacial score (nSPS) is 11.8. The molecule has 170 valence electrons. The van der Waals surface area contributed by atoms with E-state index >= 15 is 0 Å². The maximum Gasteiger partial charge on any atom is 0.407 e. The first kappa shape index (κ1) is 24.2. The van der Waals surface area contributed by atoms with E-state index in [-0.39, 0.29) is 12.5 Å². The van der Waals surface area contributed by atoms with Crippen LogP contribution in [0.2, 0.25) is 0 Å². The number of aliphatic hydroxyl groups is 1. The number of carbonyl (C=O) groups excluding carboxylic acids is 2. The molecule has 1 unspecified atom stereocenters. The predicted molar refractivity (Wildman–Crippen MR) is 116 cm³/mol. The van der Waals surface area contributed by atoms with Gasteiger partial charge in [-0.15, -0.1) is 0 Å². The van der Waals surface area contributed by atoms with Gasteiger partial charge >= 0.3 is 6.09 Å². The van der Waals surface area contributed by atoms with Crippen molar-refractivity contribution in [1.82, 2.24) is 10.3 Å². The Morgan fingerprint density at radius 2 is 2.06 bits per heavy atom. The first-order chi connectivity index (χ1) is 14.9. The number of carbonyl (C=O) groups is 2. The van der Waals surface area contributed by atoms with Crippen LogP contribution in [0.1, 0.15) is 45.6 Å². The van der Waals surface area contributed by atoms with Crippen LogP contribution < -0.4 is 15.4 Å². The summed E-state index contributed by atoms with van der Waals surface area (Å²) in [7, 11) is 1.47. The number of benzene rings is 1. The number of hydrogen-bond donors (Lipinski definition) is 3. The fourth-order valence-corrected chi connectivity index (χ4v) is 3.09. The standard InChI is InChI=1S/C22H31N3O6/c1-5-6-9-30-22(28)25-18(10-14(2)3)21(27)24-17-8-7-15(19-11-23-13-31-19)20(29-4)16(17)12-26/h7-8,11,13-14,18,26H,5-6,9-10,12H2,1-4H3,(H,24,27)(H,25,28). The van der Waals surface area contributed by atoms with Crippen LogP contribution in [0.5, 0.6) is 5.75 Å². The van der Waals surface area contributed by atoms with Gasteiger partial charge in [-0.25, -0.2) is 9.78 Å². The lowest BCUT2D eigenvalue weighted by molar-refractivity contribution is -0.118. The molecule has 0 radical (unpaired) electrons. The first-order valence-corrected chi connectivity index (χ1v) is 10.3. The van der Waals surface area contributed by atoms with Crippen LogP contribution >= 0.6 is 0 Å². The van der Waals surface area contributed by atoms with E-state index in [0.29, 0.717) is 41.4 Å². The number of anilines is 1. The molecule has 0 saturated carbocycles. The third-order valence-corrected chi connectivity index (χ3v) is 4.63. The van der Waals surface area contributed by atoms with Crippen LogP contribution in [0.15, 0.2) is 29.1 Å². The number of oxazole rings is 1. The van der Waals surface area contributed by atoms with E-state index < -0.39 is 18.0 Å². The van der Waals surface area contributed by atoms with Crippen molar-refractivity contribution in [1.29, 1.82) is 0 Å². The summed E-state index contributed by atoms with van der Waals surface area (Å²) in [6, 6.07) is 2.56. The minimum Gasteiger partial charge on any atom is -0.496 e. The van der Waals surface area contributed by atoms with E-state index in [9.17, 15) is 14.7 Å². The summed E-state index contributed by atoms with van der Waals surface area (Å²) < 4.78 is 15.9. The molecule has 0 saturated heterocycles. The first-order valence-electron chi connectivity index (χ1n) is 10.3. The highest BCUT2D eigenvalue weighted by Crippen LogP contribution is 2.37. The Hall–Kier alpha value is -3.07.